The standard InChI is InChI=1S/C17H27N3O6/c1-9-10(15(23)24)8-12(20(9)16(25)26-17(2,3)4)14(22)19-7-5-6-11(19)13(18)21/h9-12H,5-8H2,1-4H3,(H2,18,21)(H,23,24)/t9-,10?,11?,12-/m0/s1. The molecule has 0 aromatic rings. The van der Waals surface area contributed by atoms with Gasteiger partial charge < -0.3 is 20.5 Å². The summed E-state index contributed by atoms with van der Waals surface area (Å²) in [5, 5.41) is 9.44. The first-order chi connectivity index (χ1) is 11.9. The second-order valence-electron chi connectivity index (χ2n) is 7.92. The molecule has 0 aromatic heterocycles. The second kappa shape index (κ2) is 7.13. The largest absolute Gasteiger partial charge is 0.481 e. The van der Waals surface area contributed by atoms with Gasteiger partial charge in [-0.1, -0.05) is 0 Å². The van der Waals surface area contributed by atoms with Crippen molar-refractivity contribution in [1.82, 2.24) is 9.80 Å². The molecule has 0 radical (unpaired) electrons. The summed E-state index contributed by atoms with van der Waals surface area (Å²) in [6.45, 7) is 7.03. The Morgan fingerprint density at radius 2 is 1.77 bits per heavy atom. The minimum absolute atomic E-state index is 0.0173. The Morgan fingerprint density at radius 3 is 2.27 bits per heavy atom. The summed E-state index contributed by atoms with van der Waals surface area (Å²) >= 11 is 0. The lowest BCUT2D eigenvalue weighted by atomic mass is 10.00. The van der Waals surface area contributed by atoms with Gasteiger partial charge in [0, 0.05) is 12.6 Å². The monoisotopic (exact) mass is 369 g/mol. The Morgan fingerprint density at radius 1 is 1.15 bits per heavy atom. The number of hydrogen-bond acceptors (Lipinski definition) is 5. The fraction of sp³-hybridized carbons (Fsp3) is 0.765. The third-order valence-corrected chi connectivity index (χ3v) is 4.90. The van der Waals surface area contributed by atoms with E-state index in [0.29, 0.717) is 19.4 Å². The van der Waals surface area contributed by atoms with E-state index >= 15 is 0 Å². The molecule has 4 atom stereocenters. The lowest BCUT2D eigenvalue weighted by molar-refractivity contribution is -0.142. The highest BCUT2D eigenvalue weighted by Crippen LogP contribution is 2.34. The van der Waals surface area contributed by atoms with Crippen LogP contribution in [-0.4, -0.2) is 69.1 Å². The van der Waals surface area contributed by atoms with Crippen LogP contribution >= 0.6 is 0 Å². The summed E-state index contributed by atoms with van der Waals surface area (Å²) in [4.78, 5) is 51.4. The molecule has 3 N–H and O–H groups in total. The second-order valence-corrected chi connectivity index (χ2v) is 7.92. The molecule has 2 saturated heterocycles. The number of carboxylic acids is 1. The van der Waals surface area contributed by atoms with Crippen LogP contribution in [-0.2, 0) is 19.1 Å². The first kappa shape index (κ1) is 20.0. The summed E-state index contributed by atoms with van der Waals surface area (Å²) in [5.41, 5.74) is 4.59. The Labute approximate surface area is 152 Å². The van der Waals surface area contributed by atoms with Gasteiger partial charge >= 0.3 is 12.1 Å². The van der Waals surface area contributed by atoms with Crippen molar-refractivity contribution < 1.29 is 29.0 Å². The van der Waals surface area contributed by atoms with E-state index in [4.69, 9.17) is 10.5 Å². The van der Waals surface area contributed by atoms with E-state index in [-0.39, 0.29) is 6.42 Å². The highest BCUT2D eigenvalue weighted by Gasteiger charge is 2.51. The maximum Gasteiger partial charge on any atom is 0.411 e. The maximum absolute atomic E-state index is 13.0. The number of nitrogens with two attached hydrogens (primary N) is 1. The molecule has 2 aliphatic rings. The summed E-state index contributed by atoms with van der Waals surface area (Å²) < 4.78 is 5.37. The third kappa shape index (κ3) is 3.91. The molecule has 9 heteroatoms. The van der Waals surface area contributed by atoms with Crippen LogP contribution in [0.4, 0.5) is 4.79 Å². The zero-order valence-corrected chi connectivity index (χ0v) is 15.6. The fourth-order valence-electron chi connectivity index (χ4n) is 3.68. The van der Waals surface area contributed by atoms with Gasteiger partial charge in [-0.25, -0.2) is 4.79 Å². The van der Waals surface area contributed by atoms with Gasteiger partial charge in [-0.15, -0.1) is 0 Å². The van der Waals surface area contributed by atoms with Crippen LogP contribution in [0.15, 0.2) is 0 Å². The number of aliphatic carboxylic acids is 1. The molecule has 0 spiro atoms. The van der Waals surface area contributed by atoms with Crippen molar-refractivity contribution in [2.45, 2.75) is 70.7 Å². The van der Waals surface area contributed by atoms with Crippen LogP contribution in [0.2, 0.25) is 0 Å². The van der Waals surface area contributed by atoms with Crippen molar-refractivity contribution in [3.05, 3.63) is 0 Å². The Bertz CT molecular complexity index is 614. The van der Waals surface area contributed by atoms with Crippen molar-refractivity contribution in [1.29, 1.82) is 0 Å². The average molecular weight is 369 g/mol. The molecule has 2 rings (SSSR count). The number of hydrogen-bond donors (Lipinski definition) is 2. The van der Waals surface area contributed by atoms with Gasteiger partial charge in [0.05, 0.1) is 5.92 Å². The van der Waals surface area contributed by atoms with Gasteiger partial charge in [-0.05, 0) is 47.0 Å². The van der Waals surface area contributed by atoms with Gasteiger partial charge in [0.25, 0.3) is 0 Å². The normalized spacial score (nSPS) is 28.9. The predicted octanol–water partition coefficient (Wildman–Crippen LogP) is 0.561. The highest BCUT2D eigenvalue weighted by atomic mass is 16.6. The van der Waals surface area contributed by atoms with E-state index in [1.165, 1.54) is 9.80 Å². The molecule has 0 bridgehead atoms. The molecule has 2 heterocycles. The fourth-order valence-corrected chi connectivity index (χ4v) is 3.68. The van der Waals surface area contributed by atoms with Crippen molar-refractivity contribution in [2.75, 3.05) is 6.54 Å². The molecule has 3 amide bonds. The average Bonchev–Trinajstić information content (AvgIpc) is 3.08. The number of ether oxygens (including phenoxy) is 1. The molecule has 2 unspecified atom stereocenters. The van der Waals surface area contributed by atoms with E-state index < -0.39 is 53.5 Å². The van der Waals surface area contributed by atoms with Crippen molar-refractivity contribution >= 4 is 23.9 Å². The molecular weight excluding hydrogens is 342 g/mol. The lowest BCUT2D eigenvalue weighted by Crippen LogP contribution is -2.54. The van der Waals surface area contributed by atoms with Crippen LogP contribution in [0.1, 0.15) is 47.0 Å². The first-order valence-corrected chi connectivity index (χ1v) is 8.78. The first-order valence-electron chi connectivity index (χ1n) is 8.78. The number of carboxylic acid groups (broad SMARTS) is 1. The number of likely N-dealkylation sites (tertiary alicyclic amines) is 2. The van der Waals surface area contributed by atoms with Crippen molar-refractivity contribution in [3.63, 3.8) is 0 Å². The molecule has 0 aliphatic carbocycles. The van der Waals surface area contributed by atoms with E-state index in [0.717, 1.165) is 0 Å². The lowest BCUT2D eigenvalue weighted by Gasteiger charge is -2.33. The summed E-state index contributed by atoms with van der Waals surface area (Å²) in [6.07, 6.45) is 0.354. The topological polar surface area (TPSA) is 130 Å². The summed E-state index contributed by atoms with van der Waals surface area (Å²) in [5.74, 6) is -3.01. The minimum atomic E-state index is -1.07. The van der Waals surface area contributed by atoms with Crippen LogP contribution < -0.4 is 5.73 Å². The van der Waals surface area contributed by atoms with Gasteiger partial charge in [-0.2, -0.15) is 0 Å². The quantitative estimate of drug-likeness (QED) is 0.747. The summed E-state index contributed by atoms with van der Waals surface area (Å²) in [7, 11) is 0. The zero-order chi connectivity index (χ0) is 19.8. The Balaban J connectivity index is 2.30. The smallest absolute Gasteiger partial charge is 0.411 e. The van der Waals surface area contributed by atoms with Crippen LogP contribution in [0.3, 0.4) is 0 Å². The number of amides is 3. The Kier molecular flexibility index (Phi) is 5.48. The van der Waals surface area contributed by atoms with E-state index in [1.54, 1.807) is 27.7 Å². The number of nitrogens with zero attached hydrogens (tertiary/aromatic N) is 2. The SMILES string of the molecule is C[C@H]1C(C(=O)O)C[C@@H](C(=O)N2CCCC2C(N)=O)N1C(=O)OC(C)(C)C. The number of carbonyl (C=O) groups is 4. The molecule has 0 saturated carbocycles. The van der Waals surface area contributed by atoms with Crippen LogP contribution in [0.25, 0.3) is 0 Å². The Hall–Kier alpha value is -2.32. The third-order valence-electron chi connectivity index (χ3n) is 4.90. The predicted molar refractivity (Wildman–Crippen MR) is 91.0 cm³/mol. The number of carbonyl (C=O) groups excluding carboxylic acids is 3. The van der Waals surface area contributed by atoms with E-state index in [1.807, 2.05) is 0 Å². The van der Waals surface area contributed by atoms with E-state index in [2.05, 4.69) is 0 Å². The van der Waals surface area contributed by atoms with Crippen LogP contribution in [0.5, 0.6) is 0 Å². The maximum atomic E-state index is 13.0. The molecule has 9 nitrogen and oxygen atoms in total. The molecular formula is C17H27N3O6. The van der Waals surface area contributed by atoms with Crippen molar-refractivity contribution in [2.24, 2.45) is 11.7 Å². The van der Waals surface area contributed by atoms with Gasteiger partial charge in [0.2, 0.25) is 11.8 Å². The van der Waals surface area contributed by atoms with Gasteiger partial charge in [-0.3, -0.25) is 19.3 Å². The van der Waals surface area contributed by atoms with Gasteiger partial charge in [0.1, 0.15) is 17.7 Å². The highest BCUT2D eigenvalue weighted by molar-refractivity contribution is 5.92. The molecule has 0 aromatic carbocycles. The van der Waals surface area contributed by atoms with Gasteiger partial charge in [0.15, 0.2) is 0 Å². The number of rotatable bonds is 3. The zero-order valence-electron chi connectivity index (χ0n) is 15.6. The molecule has 26 heavy (non-hydrogen) atoms. The van der Waals surface area contributed by atoms with E-state index in [9.17, 15) is 24.3 Å². The van der Waals surface area contributed by atoms with Crippen molar-refractivity contribution in [3.8, 4) is 0 Å². The molecule has 2 fully saturated rings. The number of primary amides is 1. The molecule has 146 valence electrons. The minimum Gasteiger partial charge on any atom is -0.481 e. The summed E-state index contributed by atoms with van der Waals surface area (Å²) in [6, 6.07) is -2.41. The van der Waals surface area contributed by atoms with Crippen LogP contribution in [0, 0.1) is 5.92 Å². The molecule has 2 aliphatic heterocycles.